The molecule has 0 aliphatic heterocycles. The van der Waals surface area contributed by atoms with Gasteiger partial charge in [0.1, 0.15) is 5.82 Å². The molecule has 2 rings (SSSR count). The second-order valence-corrected chi connectivity index (χ2v) is 5.98. The van der Waals surface area contributed by atoms with Crippen molar-refractivity contribution in [3.63, 3.8) is 0 Å². The number of carbonyl (C=O) groups is 1. The van der Waals surface area contributed by atoms with Crippen LogP contribution in [0.4, 0.5) is 17.2 Å². The highest BCUT2D eigenvalue weighted by Crippen LogP contribution is 2.25. The summed E-state index contributed by atoms with van der Waals surface area (Å²) in [5, 5.41) is 3.09. The van der Waals surface area contributed by atoms with Gasteiger partial charge in [-0.05, 0) is 29.2 Å². The molecule has 1 heterocycles. The first-order valence-corrected chi connectivity index (χ1v) is 6.70. The highest BCUT2D eigenvalue weighted by molar-refractivity contribution is 5.99. The molecule has 21 heavy (non-hydrogen) atoms. The molecule has 110 valence electrons. The molecule has 0 saturated heterocycles. The second kappa shape index (κ2) is 5.44. The van der Waals surface area contributed by atoms with Gasteiger partial charge in [-0.1, -0.05) is 32.9 Å². The minimum atomic E-state index is -0.566. The van der Waals surface area contributed by atoms with Crippen molar-refractivity contribution < 1.29 is 4.79 Å². The van der Waals surface area contributed by atoms with E-state index >= 15 is 0 Å². The van der Waals surface area contributed by atoms with Crippen LogP contribution < -0.4 is 16.8 Å². The fraction of sp³-hybridized carbons (Fsp3) is 0.250. The highest BCUT2D eigenvalue weighted by Gasteiger charge is 2.14. The number of nitrogens with one attached hydrogen (secondary N) is 1. The first kappa shape index (κ1) is 14.8. The minimum Gasteiger partial charge on any atom is -0.397 e. The molecule has 1 aromatic heterocycles. The lowest BCUT2D eigenvalue weighted by molar-refractivity contribution is 0.100. The van der Waals surface area contributed by atoms with Crippen LogP contribution in [0.2, 0.25) is 0 Å². The van der Waals surface area contributed by atoms with E-state index in [-0.39, 0.29) is 11.0 Å². The third-order valence-corrected chi connectivity index (χ3v) is 3.19. The maximum absolute atomic E-state index is 11.4. The summed E-state index contributed by atoms with van der Waals surface area (Å²) < 4.78 is 0. The van der Waals surface area contributed by atoms with Gasteiger partial charge in [-0.3, -0.25) is 4.79 Å². The third kappa shape index (κ3) is 3.51. The van der Waals surface area contributed by atoms with Crippen molar-refractivity contribution in [1.29, 1.82) is 0 Å². The zero-order valence-corrected chi connectivity index (χ0v) is 12.5. The number of anilines is 3. The number of nitrogens with two attached hydrogens (primary N) is 2. The average Bonchev–Trinajstić information content (AvgIpc) is 2.40. The van der Waals surface area contributed by atoms with Crippen molar-refractivity contribution >= 4 is 23.1 Å². The normalized spacial score (nSPS) is 11.2. The summed E-state index contributed by atoms with van der Waals surface area (Å²) >= 11 is 0. The van der Waals surface area contributed by atoms with E-state index in [9.17, 15) is 4.79 Å². The topological polar surface area (TPSA) is 94.0 Å². The Morgan fingerprint density at radius 2 is 1.81 bits per heavy atom. The van der Waals surface area contributed by atoms with Gasteiger partial charge in [0.15, 0.2) is 0 Å². The molecule has 1 amide bonds. The van der Waals surface area contributed by atoms with Gasteiger partial charge in [-0.15, -0.1) is 0 Å². The van der Waals surface area contributed by atoms with Gasteiger partial charge < -0.3 is 16.8 Å². The lowest BCUT2D eigenvalue weighted by Gasteiger charge is -2.19. The number of amides is 1. The molecule has 0 unspecified atom stereocenters. The van der Waals surface area contributed by atoms with Crippen molar-refractivity contribution in [2.24, 2.45) is 5.73 Å². The zero-order valence-electron chi connectivity index (χ0n) is 12.5. The predicted octanol–water partition coefficient (Wildman–Crippen LogP) is 2.80. The SMILES string of the molecule is CC(C)(C)c1ccc(Nc2ncc(N)cc2C(N)=O)cc1. The molecule has 0 bridgehead atoms. The van der Waals surface area contributed by atoms with E-state index in [1.54, 1.807) is 0 Å². The molecule has 5 N–H and O–H groups in total. The summed E-state index contributed by atoms with van der Waals surface area (Å²) in [6, 6.07) is 9.50. The molecule has 0 spiro atoms. The van der Waals surface area contributed by atoms with Crippen LogP contribution in [0.5, 0.6) is 0 Å². The van der Waals surface area contributed by atoms with E-state index < -0.39 is 5.91 Å². The molecule has 1 aromatic carbocycles. The number of benzene rings is 1. The summed E-state index contributed by atoms with van der Waals surface area (Å²) in [5.41, 5.74) is 13.8. The van der Waals surface area contributed by atoms with Crippen LogP contribution in [0.15, 0.2) is 36.5 Å². The number of rotatable bonds is 3. The second-order valence-electron chi connectivity index (χ2n) is 5.98. The number of hydrogen-bond donors (Lipinski definition) is 3. The standard InChI is InChI=1S/C16H20N4O/c1-16(2,3)10-4-6-12(7-5-10)20-15-13(14(18)21)8-11(17)9-19-15/h4-9H,17H2,1-3H3,(H2,18,21)(H,19,20). The Morgan fingerprint density at radius 3 is 2.33 bits per heavy atom. The minimum absolute atomic E-state index is 0.0936. The first-order valence-electron chi connectivity index (χ1n) is 6.70. The van der Waals surface area contributed by atoms with Gasteiger partial charge in [0.25, 0.3) is 5.91 Å². The molecule has 5 heteroatoms. The van der Waals surface area contributed by atoms with Gasteiger partial charge in [0, 0.05) is 5.69 Å². The van der Waals surface area contributed by atoms with Gasteiger partial charge >= 0.3 is 0 Å². The van der Waals surface area contributed by atoms with Crippen LogP contribution in [0, 0.1) is 0 Å². The largest absolute Gasteiger partial charge is 0.397 e. The third-order valence-electron chi connectivity index (χ3n) is 3.19. The summed E-state index contributed by atoms with van der Waals surface area (Å²) in [6.07, 6.45) is 1.48. The van der Waals surface area contributed by atoms with Gasteiger partial charge in [0.05, 0.1) is 17.4 Å². The number of nitrogen functional groups attached to an aromatic ring is 1. The molecule has 0 radical (unpaired) electrons. The van der Waals surface area contributed by atoms with Crippen LogP contribution in [-0.2, 0) is 5.41 Å². The van der Waals surface area contributed by atoms with Crippen LogP contribution >= 0.6 is 0 Å². The number of nitrogens with zero attached hydrogens (tertiary/aromatic N) is 1. The number of carbonyl (C=O) groups excluding carboxylic acids is 1. The quantitative estimate of drug-likeness (QED) is 0.807. The lowest BCUT2D eigenvalue weighted by atomic mass is 9.87. The van der Waals surface area contributed by atoms with Gasteiger partial charge in [0.2, 0.25) is 0 Å². The van der Waals surface area contributed by atoms with Crippen molar-refractivity contribution in [3.8, 4) is 0 Å². The highest BCUT2D eigenvalue weighted by atomic mass is 16.1. The van der Waals surface area contributed by atoms with E-state index in [0.29, 0.717) is 11.5 Å². The molecule has 0 aliphatic carbocycles. The van der Waals surface area contributed by atoms with Crippen LogP contribution in [-0.4, -0.2) is 10.9 Å². The summed E-state index contributed by atoms with van der Waals surface area (Å²) in [5.74, 6) is -0.163. The molecule has 0 fully saturated rings. The van der Waals surface area contributed by atoms with Crippen LogP contribution in [0.1, 0.15) is 36.7 Å². The Labute approximate surface area is 124 Å². The summed E-state index contributed by atoms with van der Waals surface area (Å²) in [6.45, 7) is 6.46. The summed E-state index contributed by atoms with van der Waals surface area (Å²) in [4.78, 5) is 15.6. The molecule has 2 aromatic rings. The van der Waals surface area contributed by atoms with Crippen molar-refractivity contribution in [3.05, 3.63) is 47.7 Å². The molecule has 0 saturated carbocycles. The average molecular weight is 284 g/mol. The van der Waals surface area contributed by atoms with Gasteiger partial charge in [-0.2, -0.15) is 0 Å². The van der Waals surface area contributed by atoms with E-state index in [1.807, 2.05) is 24.3 Å². The Bertz CT molecular complexity index is 657. The van der Waals surface area contributed by atoms with E-state index in [1.165, 1.54) is 17.8 Å². The van der Waals surface area contributed by atoms with E-state index in [2.05, 4.69) is 31.1 Å². The van der Waals surface area contributed by atoms with Gasteiger partial charge in [-0.25, -0.2) is 4.98 Å². The molecular formula is C16H20N4O. The number of hydrogen-bond acceptors (Lipinski definition) is 4. The van der Waals surface area contributed by atoms with Crippen LogP contribution in [0.25, 0.3) is 0 Å². The molecule has 0 aliphatic rings. The smallest absolute Gasteiger partial charge is 0.252 e. The zero-order chi connectivity index (χ0) is 15.6. The lowest BCUT2D eigenvalue weighted by Crippen LogP contribution is -2.15. The predicted molar refractivity (Wildman–Crippen MR) is 85.6 cm³/mol. The van der Waals surface area contributed by atoms with E-state index in [4.69, 9.17) is 11.5 Å². The monoisotopic (exact) mass is 284 g/mol. The fourth-order valence-electron chi connectivity index (χ4n) is 1.96. The van der Waals surface area contributed by atoms with Crippen molar-refractivity contribution in [2.45, 2.75) is 26.2 Å². The first-order chi connectivity index (χ1) is 9.77. The Balaban J connectivity index is 2.28. The van der Waals surface area contributed by atoms with Crippen molar-refractivity contribution in [1.82, 2.24) is 4.98 Å². The number of pyridine rings is 1. The Kier molecular flexibility index (Phi) is 3.84. The maximum atomic E-state index is 11.4. The van der Waals surface area contributed by atoms with E-state index in [0.717, 1.165) is 5.69 Å². The van der Waals surface area contributed by atoms with Crippen LogP contribution in [0.3, 0.4) is 0 Å². The number of aromatic nitrogens is 1. The molecular weight excluding hydrogens is 264 g/mol. The molecule has 0 atom stereocenters. The van der Waals surface area contributed by atoms with Crippen molar-refractivity contribution in [2.75, 3.05) is 11.1 Å². The number of primary amides is 1. The molecule has 5 nitrogen and oxygen atoms in total. The summed E-state index contributed by atoms with van der Waals surface area (Å²) in [7, 11) is 0. The Morgan fingerprint density at radius 1 is 1.19 bits per heavy atom. The Hall–Kier alpha value is -2.56. The fourth-order valence-corrected chi connectivity index (χ4v) is 1.96. The maximum Gasteiger partial charge on any atom is 0.252 e.